The van der Waals surface area contributed by atoms with Crippen LogP contribution in [0.3, 0.4) is 0 Å². The summed E-state index contributed by atoms with van der Waals surface area (Å²) in [4.78, 5) is 21.8. The Morgan fingerprint density at radius 3 is 2.06 bits per heavy atom. The number of hydrogen-bond acceptors (Lipinski definition) is 5. The lowest BCUT2D eigenvalue weighted by Crippen LogP contribution is -2.44. The van der Waals surface area contributed by atoms with Crippen molar-refractivity contribution in [1.29, 1.82) is 0 Å². The van der Waals surface area contributed by atoms with Crippen LogP contribution in [-0.2, 0) is 28.6 Å². The minimum absolute atomic E-state index is 0.0193. The summed E-state index contributed by atoms with van der Waals surface area (Å²) in [7, 11) is 2.14. The second-order valence-corrected chi connectivity index (χ2v) is 11.6. The number of aromatic nitrogens is 1. The summed E-state index contributed by atoms with van der Waals surface area (Å²) in [6, 6.07) is 8.20. The Morgan fingerprint density at radius 1 is 0.971 bits per heavy atom. The number of pyridine rings is 1. The van der Waals surface area contributed by atoms with Crippen LogP contribution in [0.5, 0.6) is 5.75 Å². The topological polar surface area (TPSA) is 68.7 Å². The van der Waals surface area contributed by atoms with Gasteiger partial charge >= 0.3 is 0 Å². The number of phenolic OH excluding ortho intramolecular Hbond substituents is 1. The molecule has 6 heteroatoms. The lowest BCUT2D eigenvalue weighted by molar-refractivity contribution is -0.121. The third-order valence-electron chi connectivity index (χ3n) is 6.55. The van der Waals surface area contributed by atoms with Crippen molar-refractivity contribution in [2.24, 2.45) is 0 Å². The number of hydrogen-bond donors (Lipinski definition) is 2. The van der Waals surface area contributed by atoms with E-state index in [0.29, 0.717) is 25.1 Å². The Hall–Kier alpha value is -2.60. The molecular formula is C28H42N4O2. The Labute approximate surface area is 205 Å². The zero-order valence-electron chi connectivity index (χ0n) is 22.0. The maximum Gasteiger partial charge on any atom is 0.220 e. The number of phenols is 1. The first-order valence-corrected chi connectivity index (χ1v) is 12.4. The number of benzene rings is 1. The van der Waals surface area contributed by atoms with Gasteiger partial charge in [0.05, 0.1) is 0 Å². The van der Waals surface area contributed by atoms with Gasteiger partial charge in [-0.3, -0.25) is 4.79 Å². The number of aryl methyl sites for hydroxylation is 1. The highest BCUT2D eigenvalue weighted by molar-refractivity contribution is 5.76. The van der Waals surface area contributed by atoms with Gasteiger partial charge < -0.3 is 20.2 Å². The van der Waals surface area contributed by atoms with E-state index in [0.717, 1.165) is 54.3 Å². The molecule has 1 aliphatic rings. The van der Waals surface area contributed by atoms with Crippen LogP contribution in [0.15, 0.2) is 30.5 Å². The molecule has 6 nitrogen and oxygen atoms in total. The minimum atomic E-state index is -0.175. The van der Waals surface area contributed by atoms with Gasteiger partial charge in [0.25, 0.3) is 0 Å². The standard InChI is InChI=1S/C28H42N4O2/c1-27(2,3)22-16-20(17-23(26(22)34)28(4,5)6)9-11-25(33)30-19-21-8-10-24(29-18-21)32-14-12-31(7)13-15-32/h8,10,16-18,34H,9,11-15,19H2,1-7H3,(H,30,33). The lowest BCUT2D eigenvalue weighted by atomic mass is 9.78. The zero-order valence-corrected chi connectivity index (χ0v) is 22.0. The largest absolute Gasteiger partial charge is 0.507 e. The molecule has 0 saturated carbocycles. The maximum absolute atomic E-state index is 12.6. The van der Waals surface area contributed by atoms with Crippen LogP contribution in [0, 0.1) is 0 Å². The van der Waals surface area contributed by atoms with Gasteiger partial charge in [-0.25, -0.2) is 4.98 Å². The number of aromatic hydroxyl groups is 1. The van der Waals surface area contributed by atoms with Crippen molar-refractivity contribution < 1.29 is 9.90 Å². The molecule has 0 atom stereocenters. The van der Waals surface area contributed by atoms with Crippen molar-refractivity contribution >= 4 is 11.7 Å². The normalized spacial score (nSPS) is 15.4. The van der Waals surface area contributed by atoms with Gasteiger partial charge in [-0.05, 0) is 52.6 Å². The van der Waals surface area contributed by atoms with Crippen molar-refractivity contribution in [3.05, 3.63) is 52.7 Å². The van der Waals surface area contributed by atoms with Crippen molar-refractivity contribution in [2.75, 3.05) is 38.1 Å². The molecule has 0 unspecified atom stereocenters. The summed E-state index contributed by atoms with van der Waals surface area (Å²) in [5.41, 5.74) is 3.60. The number of carbonyl (C=O) groups excluding carboxylic acids is 1. The molecule has 2 heterocycles. The highest BCUT2D eigenvalue weighted by Gasteiger charge is 2.26. The van der Waals surface area contributed by atoms with Crippen molar-refractivity contribution in [1.82, 2.24) is 15.2 Å². The highest BCUT2D eigenvalue weighted by atomic mass is 16.3. The van der Waals surface area contributed by atoms with Crippen molar-refractivity contribution in [2.45, 2.75) is 71.8 Å². The summed E-state index contributed by atoms with van der Waals surface area (Å²) in [6.45, 7) is 17.2. The first-order chi connectivity index (χ1) is 15.8. The molecule has 1 aromatic heterocycles. The molecule has 2 aromatic rings. The second-order valence-electron chi connectivity index (χ2n) is 11.6. The van der Waals surface area contributed by atoms with E-state index in [9.17, 15) is 9.90 Å². The van der Waals surface area contributed by atoms with E-state index in [-0.39, 0.29) is 16.7 Å². The molecular weight excluding hydrogens is 424 g/mol. The molecule has 3 rings (SSSR count). The molecule has 34 heavy (non-hydrogen) atoms. The number of nitrogens with zero attached hydrogens (tertiary/aromatic N) is 3. The summed E-state index contributed by atoms with van der Waals surface area (Å²) < 4.78 is 0. The number of amides is 1. The van der Waals surface area contributed by atoms with E-state index in [1.165, 1.54) is 0 Å². The van der Waals surface area contributed by atoms with Gasteiger partial charge in [0.15, 0.2) is 0 Å². The van der Waals surface area contributed by atoms with Crippen LogP contribution < -0.4 is 10.2 Å². The van der Waals surface area contributed by atoms with Gasteiger partial charge in [0.1, 0.15) is 11.6 Å². The fourth-order valence-corrected chi connectivity index (χ4v) is 4.27. The SMILES string of the molecule is CN1CCN(c2ccc(CNC(=O)CCc3cc(C(C)(C)C)c(O)c(C(C)(C)C)c3)cn2)CC1. The average molecular weight is 467 g/mol. The zero-order chi connectivity index (χ0) is 25.1. The Morgan fingerprint density at radius 2 is 1.56 bits per heavy atom. The van der Waals surface area contributed by atoms with Crippen LogP contribution in [0.4, 0.5) is 5.82 Å². The molecule has 1 fully saturated rings. The first kappa shape index (κ1) is 26.0. The Bertz CT molecular complexity index is 944. The van der Waals surface area contributed by atoms with E-state index < -0.39 is 0 Å². The second kappa shape index (κ2) is 10.3. The molecule has 0 radical (unpaired) electrons. The number of carbonyl (C=O) groups is 1. The van der Waals surface area contributed by atoms with Crippen molar-refractivity contribution in [3.8, 4) is 5.75 Å². The Kier molecular flexibility index (Phi) is 7.91. The molecule has 1 amide bonds. The monoisotopic (exact) mass is 466 g/mol. The van der Waals surface area contributed by atoms with Gasteiger partial charge in [0, 0.05) is 45.3 Å². The highest BCUT2D eigenvalue weighted by Crippen LogP contribution is 2.40. The molecule has 1 saturated heterocycles. The predicted molar refractivity (Wildman–Crippen MR) is 140 cm³/mol. The van der Waals surface area contributed by atoms with E-state index in [1.54, 1.807) is 0 Å². The fraction of sp³-hybridized carbons (Fsp3) is 0.571. The quantitative estimate of drug-likeness (QED) is 0.661. The smallest absolute Gasteiger partial charge is 0.220 e. The molecule has 186 valence electrons. The maximum atomic E-state index is 12.6. The first-order valence-electron chi connectivity index (χ1n) is 12.4. The Balaban J connectivity index is 1.58. The van der Waals surface area contributed by atoms with Gasteiger partial charge in [-0.15, -0.1) is 0 Å². The summed E-state index contributed by atoms with van der Waals surface area (Å²) in [5, 5.41) is 13.9. The molecule has 1 aromatic carbocycles. The van der Waals surface area contributed by atoms with Gasteiger partial charge in [0.2, 0.25) is 5.91 Å². The number of anilines is 1. The third-order valence-corrected chi connectivity index (χ3v) is 6.55. The van der Waals surface area contributed by atoms with Crippen LogP contribution >= 0.6 is 0 Å². The fourth-order valence-electron chi connectivity index (χ4n) is 4.27. The molecule has 1 aliphatic heterocycles. The minimum Gasteiger partial charge on any atom is -0.507 e. The summed E-state index contributed by atoms with van der Waals surface area (Å²) in [5.74, 6) is 1.39. The predicted octanol–water partition coefficient (Wildman–Crippen LogP) is 4.38. The van der Waals surface area contributed by atoms with Crippen LogP contribution in [0.2, 0.25) is 0 Å². The van der Waals surface area contributed by atoms with E-state index in [1.807, 2.05) is 18.3 Å². The molecule has 0 aliphatic carbocycles. The molecule has 0 spiro atoms. The van der Waals surface area contributed by atoms with E-state index >= 15 is 0 Å². The number of nitrogens with one attached hydrogen (secondary N) is 1. The summed E-state index contributed by atoms with van der Waals surface area (Å²) >= 11 is 0. The van der Waals surface area contributed by atoms with E-state index in [4.69, 9.17) is 0 Å². The number of likely N-dealkylation sites (N-methyl/N-ethyl adjacent to an activating group) is 1. The van der Waals surface area contributed by atoms with Gasteiger partial charge in [-0.1, -0.05) is 59.7 Å². The lowest BCUT2D eigenvalue weighted by Gasteiger charge is -2.33. The van der Waals surface area contributed by atoms with Crippen LogP contribution in [0.1, 0.15) is 70.2 Å². The summed E-state index contributed by atoms with van der Waals surface area (Å²) in [6.07, 6.45) is 2.91. The average Bonchev–Trinajstić information content (AvgIpc) is 2.76. The van der Waals surface area contributed by atoms with E-state index in [2.05, 4.69) is 80.8 Å². The van der Waals surface area contributed by atoms with Crippen molar-refractivity contribution in [3.63, 3.8) is 0 Å². The molecule has 2 N–H and O–H groups in total. The number of rotatable bonds is 6. The van der Waals surface area contributed by atoms with Crippen LogP contribution in [-0.4, -0.2) is 54.1 Å². The van der Waals surface area contributed by atoms with Crippen LogP contribution in [0.25, 0.3) is 0 Å². The number of piperazine rings is 1. The third kappa shape index (κ3) is 6.72. The van der Waals surface area contributed by atoms with Gasteiger partial charge in [-0.2, -0.15) is 0 Å². The molecule has 0 bridgehead atoms.